The van der Waals surface area contributed by atoms with Gasteiger partial charge < -0.3 is 10.6 Å². The van der Waals surface area contributed by atoms with Crippen LogP contribution in [0.1, 0.15) is 39.7 Å². The van der Waals surface area contributed by atoms with E-state index in [1.165, 1.54) is 5.56 Å². The summed E-state index contributed by atoms with van der Waals surface area (Å²) < 4.78 is 0. The summed E-state index contributed by atoms with van der Waals surface area (Å²) in [5.41, 5.74) is 1.32. The van der Waals surface area contributed by atoms with Gasteiger partial charge in [-0.15, -0.1) is 0 Å². The maximum absolute atomic E-state index is 11.2. The Kier molecular flexibility index (Phi) is 5.13. The zero-order valence-electron chi connectivity index (χ0n) is 11.7. The standard InChI is InChI=1S/C14H23N3O/c1-5-15-13(18)8-9-16-12-7-6-11(10-17-12)14(2,3)4/h6-7,10H,5,8-9H2,1-4H3,(H,15,18)(H,16,17). The van der Waals surface area contributed by atoms with E-state index in [4.69, 9.17) is 0 Å². The van der Waals surface area contributed by atoms with Crippen LogP contribution in [-0.2, 0) is 10.2 Å². The number of aromatic nitrogens is 1. The minimum Gasteiger partial charge on any atom is -0.370 e. The Balaban J connectivity index is 2.42. The highest BCUT2D eigenvalue weighted by Gasteiger charge is 2.13. The third-order valence-corrected chi connectivity index (χ3v) is 2.66. The number of carbonyl (C=O) groups is 1. The third-order valence-electron chi connectivity index (χ3n) is 2.66. The van der Waals surface area contributed by atoms with Crippen molar-refractivity contribution in [2.75, 3.05) is 18.4 Å². The molecule has 1 aromatic heterocycles. The minimum absolute atomic E-state index is 0.0660. The first kappa shape index (κ1) is 14.5. The maximum atomic E-state index is 11.2. The van der Waals surface area contributed by atoms with Gasteiger partial charge in [0.15, 0.2) is 0 Å². The molecule has 100 valence electrons. The molecule has 0 unspecified atom stereocenters. The largest absolute Gasteiger partial charge is 0.370 e. The van der Waals surface area contributed by atoms with Crippen LogP contribution in [0.5, 0.6) is 0 Å². The van der Waals surface area contributed by atoms with Crippen molar-refractivity contribution in [3.8, 4) is 0 Å². The van der Waals surface area contributed by atoms with Crippen molar-refractivity contribution < 1.29 is 4.79 Å². The molecule has 0 aliphatic carbocycles. The van der Waals surface area contributed by atoms with Crippen LogP contribution in [0.4, 0.5) is 5.82 Å². The van der Waals surface area contributed by atoms with E-state index < -0.39 is 0 Å². The van der Waals surface area contributed by atoms with Gasteiger partial charge in [-0.2, -0.15) is 0 Å². The molecule has 0 aliphatic rings. The number of amides is 1. The molecule has 1 aromatic rings. The van der Waals surface area contributed by atoms with E-state index in [-0.39, 0.29) is 11.3 Å². The lowest BCUT2D eigenvalue weighted by Crippen LogP contribution is -2.24. The highest BCUT2D eigenvalue weighted by atomic mass is 16.1. The fourth-order valence-corrected chi connectivity index (χ4v) is 1.53. The van der Waals surface area contributed by atoms with Gasteiger partial charge in [0.2, 0.25) is 5.91 Å². The Morgan fingerprint density at radius 3 is 2.56 bits per heavy atom. The summed E-state index contributed by atoms with van der Waals surface area (Å²) in [6.07, 6.45) is 2.35. The predicted molar refractivity (Wildman–Crippen MR) is 74.7 cm³/mol. The Morgan fingerprint density at radius 2 is 2.06 bits per heavy atom. The zero-order chi connectivity index (χ0) is 13.6. The van der Waals surface area contributed by atoms with Crippen molar-refractivity contribution in [1.29, 1.82) is 0 Å². The number of rotatable bonds is 5. The Morgan fingerprint density at radius 1 is 1.33 bits per heavy atom. The van der Waals surface area contributed by atoms with Crippen LogP contribution in [0.25, 0.3) is 0 Å². The van der Waals surface area contributed by atoms with Crippen LogP contribution < -0.4 is 10.6 Å². The molecule has 4 heteroatoms. The molecule has 0 saturated heterocycles. The van der Waals surface area contributed by atoms with Crippen molar-refractivity contribution in [3.05, 3.63) is 23.9 Å². The third kappa shape index (κ3) is 4.73. The van der Waals surface area contributed by atoms with E-state index in [0.717, 1.165) is 5.82 Å². The first-order valence-electron chi connectivity index (χ1n) is 6.40. The van der Waals surface area contributed by atoms with E-state index in [0.29, 0.717) is 19.5 Å². The van der Waals surface area contributed by atoms with Crippen LogP contribution in [-0.4, -0.2) is 24.0 Å². The molecule has 0 atom stereocenters. The molecule has 0 saturated carbocycles. The summed E-state index contributed by atoms with van der Waals surface area (Å²) in [6, 6.07) is 4.03. The number of pyridine rings is 1. The fourth-order valence-electron chi connectivity index (χ4n) is 1.53. The molecule has 0 aliphatic heterocycles. The molecule has 1 heterocycles. The van der Waals surface area contributed by atoms with Crippen molar-refractivity contribution in [2.45, 2.75) is 39.5 Å². The summed E-state index contributed by atoms with van der Waals surface area (Å²) in [6.45, 7) is 9.67. The van der Waals surface area contributed by atoms with E-state index in [1.807, 2.05) is 19.2 Å². The Hall–Kier alpha value is -1.58. The molecule has 0 spiro atoms. The summed E-state index contributed by atoms with van der Waals surface area (Å²) in [5.74, 6) is 0.878. The van der Waals surface area contributed by atoms with Gasteiger partial charge in [0.1, 0.15) is 5.82 Å². The Labute approximate surface area is 109 Å². The second-order valence-electron chi connectivity index (χ2n) is 5.31. The average molecular weight is 249 g/mol. The molecule has 18 heavy (non-hydrogen) atoms. The van der Waals surface area contributed by atoms with Gasteiger partial charge in [-0.05, 0) is 24.0 Å². The molecule has 1 amide bonds. The Bertz CT molecular complexity index is 379. The molecular formula is C14H23N3O. The molecule has 4 nitrogen and oxygen atoms in total. The van der Waals surface area contributed by atoms with Gasteiger partial charge in [0.25, 0.3) is 0 Å². The van der Waals surface area contributed by atoms with Crippen LogP contribution in [0.2, 0.25) is 0 Å². The van der Waals surface area contributed by atoms with Crippen molar-refractivity contribution in [1.82, 2.24) is 10.3 Å². The van der Waals surface area contributed by atoms with Gasteiger partial charge in [-0.25, -0.2) is 4.98 Å². The summed E-state index contributed by atoms with van der Waals surface area (Å²) in [4.78, 5) is 15.6. The van der Waals surface area contributed by atoms with Crippen molar-refractivity contribution in [2.24, 2.45) is 0 Å². The highest BCUT2D eigenvalue weighted by Crippen LogP contribution is 2.21. The molecule has 0 aromatic carbocycles. The summed E-state index contributed by atoms with van der Waals surface area (Å²) in [5, 5.41) is 5.90. The van der Waals surface area contributed by atoms with Crippen LogP contribution >= 0.6 is 0 Å². The molecule has 0 bridgehead atoms. The van der Waals surface area contributed by atoms with Gasteiger partial charge >= 0.3 is 0 Å². The number of carbonyl (C=O) groups excluding carboxylic acids is 1. The second-order valence-corrected chi connectivity index (χ2v) is 5.31. The fraction of sp³-hybridized carbons (Fsp3) is 0.571. The SMILES string of the molecule is CCNC(=O)CCNc1ccc(C(C)(C)C)cn1. The molecular weight excluding hydrogens is 226 g/mol. The van der Waals surface area contributed by atoms with Crippen LogP contribution in [0.15, 0.2) is 18.3 Å². The summed E-state index contributed by atoms with van der Waals surface area (Å²) in [7, 11) is 0. The molecule has 1 rings (SSSR count). The van der Waals surface area contributed by atoms with E-state index >= 15 is 0 Å². The normalized spacial score (nSPS) is 11.1. The quantitative estimate of drug-likeness (QED) is 0.842. The molecule has 0 radical (unpaired) electrons. The van der Waals surface area contributed by atoms with Crippen LogP contribution in [0.3, 0.4) is 0 Å². The molecule has 2 N–H and O–H groups in total. The number of nitrogens with zero attached hydrogens (tertiary/aromatic N) is 1. The first-order chi connectivity index (χ1) is 8.43. The van der Waals surface area contributed by atoms with Crippen molar-refractivity contribution >= 4 is 11.7 Å². The van der Waals surface area contributed by atoms with E-state index in [9.17, 15) is 4.79 Å². The van der Waals surface area contributed by atoms with Gasteiger partial charge in [0, 0.05) is 25.7 Å². The lowest BCUT2D eigenvalue weighted by Gasteiger charge is -2.18. The average Bonchev–Trinajstić information content (AvgIpc) is 2.29. The number of anilines is 1. The smallest absolute Gasteiger partial charge is 0.221 e. The number of nitrogens with one attached hydrogen (secondary N) is 2. The maximum Gasteiger partial charge on any atom is 0.221 e. The monoisotopic (exact) mass is 249 g/mol. The predicted octanol–water partition coefficient (Wildman–Crippen LogP) is 2.32. The van der Waals surface area contributed by atoms with E-state index in [2.05, 4.69) is 42.5 Å². The van der Waals surface area contributed by atoms with Gasteiger partial charge in [-0.3, -0.25) is 4.79 Å². The minimum atomic E-state index is 0.0660. The lowest BCUT2D eigenvalue weighted by atomic mass is 9.88. The van der Waals surface area contributed by atoms with Gasteiger partial charge in [-0.1, -0.05) is 26.8 Å². The molecule has 0 fully saturated rings. The topological polar surface area (TPSA) is 54.0 Å². The van der Waals surface area contributed by atoms with Crippen LogP contribution in [0, 0.1) is 0 Å². The number of hydrogen-bond donors (Lipinski definition) is 2. The van der Waals surface area contributed by atoms with Crippen molar-refractivity contribution in [3.63, 3.8) is 0 Å². The van der Waals surface area contributed by atoms with E-state index in [1.54, 1.807) is 0 Å². The lowest BCUT2D eigenvalue weighted by molar-refractivity contribution is -0.120. The summed E-state index contributed by atoms with van der Waals surface area (Å²) >= 11 is 0. The first-order valence-corrected chi connectivity index (χ1v) is 6.40. The second kappa shape index (κ2) is 6.38. The number of hydrogen-bond acceptors (Lipinski definition) is 3. The highest BCUT2D eigenvalue weighted by molar-refractivity contribution is 5.76. The zero-order valence-corrected chi connectivity index (χ0v) is 11.7. The van der Waals surface area contributed by atoms with Gasteiger partial charge in [0.05, 0.1) is 0 Å².